The van der Waals surface area contributed by atoms with Gasteiger partial charge < -0.3 is 15.2 Å². The molecule has 184 valence electrons. The van der Waals surface area contributed by atoms with Crippen LogP contribution in [-0.2, 0) is 15.6 Å². The van der Waals surface area contributed by atoms with Crippen LogP contribution in [0.15, 0.2) is 78.9 Å². The fourth-order valence-electron chi connectivity index (χ4n) is 4.47. The van der Waals surface area contributed by atoms with Gasteiger partial charge in [-0.1, -0.05) is 48.5 Å². The minimum absolute atomic E-state index is 0.0160. The molecule has 8 nitrogen and oxygen atoms in total. The van der Waals surface area contributed by atoms with E-state index in [9.17, 15) is 18.3 Å². The number of aromatic hydroxyl groups is 1. The van der Waals surface area contributed by atoms with E-state index in [1.807, 2.05) is 36.4 Å². The minimum atomic E-state index is -3.80. The highest BCUT2D eigenvalue weighted by Crippen LogP contribution is 2.36. The lowest BCUT2D eigenvalue weighted by atomic mass is 9.73. The minimum Gasteiger partial charge on any atom is -0.508 e. The zero-order chi connectivity index (χ0) is 24.9. The van der Waals surface area contributed by atoms with Crippen molar-refractivity contribution >= 4 is 21.8 Å². The first kappa shape index (κ1) is 24.6. The number of methoxy groups -OCH3 is 1. The van der Waals surface area contributed by atoms with Crippen LogP contribution >= 0.6 is 0 Å². The van der Waals surface area contributed by atoms with E-state index in [0.717, 1.165) is 5.56 Å². The van der Waals surface area contributed by atoms with Crippen molar-refractivity contribution < 1.29 is 23.1 Å². The van der Waals surface area contributed by atoms with E-state index in [1.54, 1.807) is 30.3 Å². The van der Waals surface area contributed by atoms with Crippen molar-refractivity contribution in [3.05, 3.63) is 90.0 Å². The highest BCUT2D eigenvalue weighted by molar-refractivity contribution is 7.90. The topological polar surface area (TPSA) is 108 Å². The Balaban J connectivity index is 1.50. The van der Waals surface area contributed by atoms with Gasteiger partial charge in [0.1, 0.15) is 11.5 Å². The molecule has 0 bridgehead atoms. The van der Waals surface area contributed by atoms with Gasteiger partial charge in [0.05, 0.1) is 18.4 Å². The third kappa shape index (κ3) is 5.58. The van der Waals surface area contributed by atoms with Gasteiger partial charge in [0.2, 0.25) is 0 Å². The van der Waals surface area contributed by atoms with Gasteiger partial charge in [-0.05, 0) is 42.7 Å². The Morgan fingerprint density at radius 1 is 1.00 bits per heavy atom. The Kier molecular flexibility index (Phi) is 7.28. The van der Waals surface area contributed by atoms with Crippen molar-refractivity contribution in [2.75, 3.05) is 31.5 Å². The lowest BCUT2D eigenvalue weighted by Crippen LogP contribution is -2.51. The first-order valence-corrected chi connectivity index (χ1v) is 12.8. The van der Waals surface area contributed by atoms with Crippen molar-refractivity contribution in [3.8, 4) is 11.5 Å². The fourth-order valence-corrected chi connectivity index (χ4v) is 5.69. The Hall–Kier alpha value is -3.56. The Labute approximate surface area is 205 Å². The molecule has 35 heavy (non-hydrogen) atoms. The van der Waals surface area contributed by atoms with Crippen LogP contribution in [0, 0.1) is 0 Å². The molecule has 0 spiro atoms. The number of ether oxygens (including phenoxy) is 1. The molecule has 4 rings (SSSR count). The molecule has 1 saturated heterocycles. The van der Waals surface area contributed by atoms with Crippen LogP contribution < -0.4 is 14.8 Å². The number of nitrogens with zero attached hydrogens (tertiary/aromatic N) is 1. The molecule has 0 atom stereocenters. The zero-order valence-corrected chi connectivity index (χ0v) is 20.3. The third-order valence-electron chi connectivity index (χ3n) is 6.44. The molecular formula is C26H29N3O5S. The number of phenols is 1. The predicted octanol–water partition coefficient (Wildman–Crippen LogP) is 3.52. The molecule has 1 aliphatic heterocycles. The summed E-state index contributed by atoms with van der Waals surface area (Å²) in [5.74, 6) is 0.244. The van der Waals surface area contributed by atoms with Crippen LogP contribution in [-0.4, -0.2) is 50.5 Å². The molecule has 0 saturated carbocycles. The number of hydrogen-bond donors (Lipinski definition) is 3. The van der Waals surface area contributed by atoms with Crippen LogP contribution in [0.1, 0.15) is 28.8 Å². The Morgan fingerprint density at radius 3 is 2.37 bits per heavy atom. The average Bonchev–Trinajstić information content (AvgIpc) is 2.87. The van der Waals surface area contributed by atoms with Crippen LogP contribution in [0.5, 0.6) is 11.5 Å². The van der Waals surface area contributed by atoms with Gasteiger partial charge in [-0.25, -0.2) is 0 Å². The molecule has 0 aliphatic carbocycles. The van der Waals surface area contributed by atoms with Gasteiger partial charge in [-0.3, -0.25) is 9.52 Å². The third-order valence-corrected chi connectivity index (χ3v) is 7.98. The molecule has 0 unspecified atom stereocenters. The number of hydrogen-bond acceptors (Lipinski definition) is 5. The number of phenolic OH excluding ortho intramolecular Hbond substituents is 1. The summed E-state index contributed by atoms with van der Waals surface area (Å²) in [5.41, 5.74) is 1.39. The van der Waals surface area contributed by atoms with Crippen molar-refractivity contribution in [1.29, 1.82) is 0 Å². The number of benzene rings is 3. The van der Waals surface area contributed by atoms with E-state index in [0.29, 0.717) is 36.4 Å². The second-order valence-corrected chi connectivity index (χ2v) is 10.3. The first-order valence-electron chi connectivity index (χ1n) is 11.4. The van der Waals surface area contributed by atoms with Crippen molar-refractivity contribution in [3.63, 3.8) is 0 Å². The molecule has 3 N–H and O–H groups in total. The Bertz CT molecular complexity index is 1270. The van der Waals surface area contributed by atoms with Crippen LogP contribution in [0.2, 0.25) is 0 Å². The Morgan fingerprint density at radius 2 is 1.69 bits per heavy atom. The number of carbonyl (C=O) groups is 1. The molecule has 0 radical (unpaired) electrons. The summed E-state index contributed by atoms with van der Waals surface area (Å²) in [6.45, 7) is 0.933. The van der Waals surface area contributed by atoms with Crippen molar-refractivity contribution in [2.24, 2.45) is 0 Å². The number of rotatable bonds is 8. The number of carbonyl (C=O) groups excluding carboxylic acids is 1. The van der Waals surface area contributed by atoms with E-state index >= 15 is 0 Å². The number of nitrogens with one attached hydrogen (secondary N) is 2. The summed E-state index contributed by atoms with van der Waals surface area (Å²) in [6.07, 6.45) is 1.06. The fraction of sp³-hybridized carbons (Fsp3) is 0.269. The summed E-state index contributed by atoms with van der Waals surface area (Å²) >= 11 is 0. The summed E-state index contributed by atoms with van der Waals surface area (Å²) in [5, 5.41) is 12.7. The maximum Gasteiger partial charge on any atom is 0.301 e. The smallest absolute Gasteiger partial charge is 0.301 e. The zero-order valence-electron chi connectivity index (χ0n) is 19.5. The molecule has 1 amide bonds. The highest BCUT2D eigenvalue weighted by atomic mass is 32.2. The monoisotopic (exact) mass is 495 g/mol. The van der Waals surface area contributed by atoms with E-state index in [1.165, 1.54) is 23.5 Å². The second kappa shape index (κ2) is 10.4. The molecule has 0 aromatic heterocycles. The first-order chi connectivity index (χ1) is 16.8. The number of anilines is 1. The molecule has 3 aromatic carbocycles. The molecular weight excluding hydrogens is 466 g/mol. The lowest BCUT2D eigenvalue weighted by molar-refractivity contribution is 0.0930. The SMILES string of the molecule is COc1ccccc1C(=O)NCC1(c2ccccc2)CCN(S(=O)(=O)Nc2cccc(O)c2)CC1. The van der Waals surface area contributed by atoms with Crippen LogP contribution in [0.25, 0.3) is 0 Å². The van der Waals surface area contributed by atoms with E-state index in [2.05, 4.69) is 10.0 Å². The molecule has 1 aliphatic rings. The molecule has 1 fully saturated rings. The van der Waals surface area contributed by atoms with Gasteiger partial charge in [-0.2, -0.15) is 12.7 Å². The predicted molar refractivity (Wildman–Crippen MR) is 135 cm³/mol. The highest BCUT2D eigenvalue weighted by Gasteiger charge is 2.39. The molecule has 1 heterocycles. The van der Waals surface area contributed by atoms with Crippen molar-refractivity contribution in [1.82, 2.24) is 9.62 Å². The number of amides is 1. The van der Waals surface area contributed by atoms with E-state index in [-0.39, 0.29) is 24.7 Å². The molecule has 3 aromatic rings. The second-order valence-electron chi connectivity index (χ2n) is 8.59. The normalized spacial score (nSPS) is 15.8. The van der Waals surface area contributed by atoms with Crippen molar-refractivity contribution in [2.45, 2.75) is 18.3 Å². The van der Waals surface area contributed by atoms with Gasteiger partial charge in [-0.15, -0.1) is 0 Å². The van der Waals surface area contributed by atoms with Gasteiger partial charge in [0, 0.05) is 31.1 Å². The quantitative estimate of drug-likeness (QED) is 0.443. The average molecular weight is 496 g/mol. The van der Waals surface area contributed by atoms with Gasteiger partial charge in [0.25, 0.3) is 5.91 Å². The summed E-state index contributed by atoms with van der Waals surface area (Å²) < 4.78 is 35.2. The number of piperidine rings is 1. The summed E-state index contributed by atoms with van der Waals surface area (Å²) in [4.78, 5) is 13.0. The number of para-hydroxylation sites is 1. The van der Waals surface area contributed by atoms with E-state index < -0.39 is 15.6 Å². The van der Waals surface area contributed by atoms with Crippen LogP contribution in [0.4, 0.5) is 5.69 Å². The van der Waals surface area contributed by atoms with E-state index in [4.69, 9.17) is 4.74 Å². The van der Waals surface area contributed by atoms with Crippen LogP contribution in [0.3, 0.4) is 0 Å². The standard InChI is InChI=1S/C26H29N3O5S/c1-34-24-13-6-5-12-23(24)25(31)27-19-26(20-8-3-2-4-9-20)14-16-29(17-15-26)35(32,33)28-21-10-7-11-22(30)18-21/h2-13,18,28,30H,14-17,19H2,1H3,(H,27,31). The molecule has 9 heteroatoms. The largest absolute Gasteiger partial charge is 0.508 e. The van der Waals surface area contributed by atoms with Gasteiger partial charge in [0.15, 0.2) is 0 Å². The summed E-state index contributed by atoms with van der Waals surface area (Å²) in [7, 11) is -2.27. The summed E-state index contributed by atoms with van der Waals surface area (Å²) in [6, 6.07) is 22.9. The maximum absolute atomic E-state index is 13.0. The lowest BCUT2D eigenvalue weighted by Gasteiger charge is -2.41. The van der Waals surface area contributed by atoms with Gasteiger partial charge >= 0.3 is 10.2 Å². The maximum atomic E-state index is 13.0.